The molecule has 0 aliphatic heterocycles. The van der Waals surface area contributed by atoms with Gasteiger partial charge in [-0.1, -0.05) is 53.0 Å². The third-order valence-electron chi connectivity index (χ3n) is 4.88. The minimum absolute atomic E-state index is 0.154. The van der Waals surface area contributed by atoms with Crippen LogP contribution in [0.4, 0.5) is 0 Å². The Kier molecular flexibility index (Phi) is 6.33. The van der Waals surface area contributed by atoms with Crippen molar-refractivity contribution in [1.82, 2.24) is 15.0 Å². The van der Waals surface area contributed by atoms with E-state index in [0.717, 1.165) is 27.9 Å². The van der Waals surface area contributed by atoms with E-state index in [1.807, 2.05) is 36.9 Å². The summed E-state index contributed by atoms with van der Waals surface area (Å²) in [7, 11) is 0. The lowest BCUT2D eigenvalue weighted by Crippen LogP contribution is -2.13. The van der Waals surface area contributed by atoms with Crippen molar-refractivity contribution in [3.63, 3.8) is 0 Å². The Morgan fingerprint density at radius 3 is 2.46 bits per heavy atom. The largest absolute Gasteiger partial charge is 0.505 e. The fraction of sp³-hybridized carbons (Fsp3) is 0.478. The second kappa shape index (κ2) is 8.56. The van der Waals surface area contributed by atoms with E-state index in [9.17, 15) is 5.11 Å². The van der Waals surface area contributed by atoms with Crippen molar-refractivity contribution in [3.05, 3.63) is 41.5 Å². The van der Waals surface area contributed by atoms with E-state index in [0.29, 0.717) is 5.69 Å². The molecule has 0 saturated heterocycles. The van der Waals surface area contributed by atoms with E-state index in [4.69, 9.17) is 0 Å². The normalized spacial score (nSPS) is 12.0. The zero-order chi connectivity index (χ0) is 20.3. The Balaban J connectivity index is 1.88. The monoisotopic (exact) mass is 397 g/mol. The van der Waals surface area contributed by atoms with Crippen LogP contribution in [0.2, 0.25) is 0 Å². The number of hydrogen-bond donors (Lipinski definition) is 1. The number of phenols is 1. The summed E-state index contributed by atoms with van der Waals surface area (Å²) in [4.78, 5) is 2.79. The molecule has 1 N–H and O–H groups in total. The van der Waals surface area contributed by atoms with E-state index in [1.165, 1.54) is 30.6 Å². The molecule has 0 aliphatic carbocycles. The lowest BCUT2D eigenvalue weighted by molar-refractivity contribution is 0.440. The second-order valence-electron chi connectivity index (χ2n) is 8.48. The van der Waals surface area contributed by atoms with E-state index in [-0.39, 0.29) is 11.2 Å². The molecule has 150 valence electrons. The van der Waals surface area contributed by atoms with Gasteiger partial charge in [-0.25, -0.2) is 0 Å². The number of aromatic nitrogens is 3. The summed E-state index contributed by atoms with van der Waals surface area (Å²) in [6.07, 6.45) is 5.12. The average Bonchev–Trinajstić information content (AvgIpc) is 3.05. The first-order valence-corrected chi connectivity index (χ1v) is 11.1. The van der Waals surface area contributed by atoms with E-state index >= 15 is 0 Å². The van der Waals surface area contributed by atoms with Crippen molar-refractivity contribution in [1.29, 1.82) is 0 Å². The zero-order valence-electron chi connectivity index (χ0n) is 17.6. The van der Waals surface area contributed by atoms with E-state index < -0.39 is 0 Å². The van der Waals surface area contributed by atoms with Crippen molar-refractivity contribution in [3.8, 4) is 11.4 Å². The molecule has 3 rings (SSSR count). The number of fused-ring (bicyclic) bond motifs is 1. The number of unbranched alkanes of at least 4 members (excludes halogenated alkanes) is 3. The van der Waals surface area contributed by atoms with Crippen molar-refractivity contribution < 1.29 is 5.11 Å². The third kappa shape index (κ3) is 4.69. The summed E-state index contributed by atoms with van der Waals surface area (Å²) >= 11 is 1.88. The molecule has 0 saturated carbocycles. The zero-order valence-corrected chi connectivity index (χ0v) is 18.4. The van der Waals surface area contributed by atoms with Gasteiger partial charge in [-0.3, -0.25) is 0 Å². The highest BCUT2D eigenvalue weighted by Crippen LogP contribution is 2.36. The Bertz CT molecular complexity index is 956. The molecule has 28 heavy (non-hydrogen) atoms. The maximum absolute atomic E-state index is 10.9. The van der Waals surface area contributed by atoms with Gasteiger partial charge in [-0.05, 0) is 54.3 Å². The lowest BCUT2D eigenvalue weighted by Gasteiger charge is -2.22. The molecule has 5 heteroatoms. The van der Waals surface area contributed by atoms with E-state index in [1.54, 1.807) is 4.80 Å². The van der Waals surface area contributed by atoms with E-state index in [2.05, 4.69) is 50.0 Å². The van der Waals surface area contributed by atoms with Crippen molar-refractivity contribution in [2.75, 3.05) is 5.75 Å². The van der Waals surface area contributed by atoms with Crippen LogP contribution in [0, 0.1) is 6.92 Å². The van der Waals surface area contributed by atoms with Gasteiger partial charge in [0.1, 0.15) is 22.5 Å². The van der Waals surface area contributed by atoms with Crippen molar-refractivity contribution in [2.24, 2.45) is 0 Å². The number of aromatic hydroxyl groups is 1. The number of aryl methyl sites for hydroxylation is 1. The minimum atomic E-state index is -0.154. The number of phenolic OH excluding ortho intramolecular Hbond substituents is 1. The highest BCUT2D eigenvalue weighted by Gasteiger charge is 2.22. The molecule has 2 aromatic carbocycles. The van der Waals surface area contributed by atoms with Gasteiger partial charge < -0.3 is 5.11 Å². The van der Waals surface area contributed by atoms with Crippen LogP contribution in [0.25, 0.3) is 16.7 Å². The highest BCUT2D eigenvalue weighted by molar-refractivity contribution is 7.99. The smallest absolute Gasteiger partial charge is 0.146 e. The van der Waals surface area contributed by atoms with Crippen molar-refractivity contribution >= 4 is 22.8 Å². The predicted octanol–water partition coefficient (Wildman–Crippen LogP) is 6.40. The van der Waals surface area contributed by atoms with Crippen LogP contribution in [0.1, 0.15) is 64.5 Å². The van der Waals surface area contributed by atoms with Gasteiger partial charge in [-0.15, -0.1) is 26.8 Å². The topological polar surface area (TPSA) is 50.9 Å². The molecular weight excluding hydrogens is 366 g/mol. The number of rotatable bonds is 7. The average molecular weight is 398 g/mol. The maximum Gasteiger partial charge on any atom is 0.146 e. The van der Waals surface area contributed by atoms with Crippen molar-refractivity contribution in [2.45, 2.75) is 70.6 Å². The fourth-order valence-corrected chi connectivity index (χ4v) is 4.24. The van der Waals surface area contributed by atoms with Gasteiger partial charge in [0, 0.05) is 10.5 Å². The summed E-state index contributed by atoms with van der Waals surface area (Å²) in [5.74, 6) is 1.39. The minimum Gasteiger partial charge on any atom is -0.505 e. The summed E-state index contributed by atoms with van der Waals surface area (Å²) in [5.41, 5.74) is 4.17. The van der Waals surface area contributed by atoms with Crippen LogP contribution >= 0.6 is 11.8 Å². The maximum atomic E-state index is 10.9. The lowest BCUT2D eigenvalue weighted by atomic mass is 9.85. The van der Waals surface area contributed by atoms with Gasteiger partial charge in [-0.2, -0.15) is 0 Å². The molecule has 0 fully saturated rings. The first kappa shape index (κ1) is 20.7. The Morgan fingerprint density at radius 2 is 1.75 bits per heavy atom. The molecule has 0 radical (unpaired) electrons. The predicted molar refractivity (Wildman–Crippen MR) is 119 cm³/mol. The Hall–Kier alpha value is -2.01. The molecule has 1 heterocycles. The van der Waals surface area contributed by atoms with Crippen LogP contribution in [0.5, 0.6) is 5.75 Å². The molecule has 3 aromatic rings. The molecule has 1 aromatic heterocycles. The summed E-state index contributed by atoms with van der Waals surface area (Å²) in [6.45, 7) is 10.6. The summed E-state index contributed by atoms with van der Waals surface area (Å²) in [6, 6.07) is 10.2. The first-order valence-electron chi connectivity index (χ1n) is 10.1. The second-order valence-corrected chi connectivity index (χ2v) is 9.65. The molecule has 4 nitrogen and oxygen atoms in total. The quantitative estimate of drug-likeness (QED) is 0.370. The molecule has 0 bridgehead atoms. The molecule has 0 atom stereocenters. The van der Waals surface area contributed by atoms with Crippen LogP contribution in [-0.2, 0) is 5.41 Å². The number of benzene rings is 2. The standard InChI is InChI=1S/C23H31N3OS/c1-6-7-8-9-12-28-17-10-11-19-20(15-17)25-26(24-19)21-14-16(2)13-18(22(21)27)23(3,4)5/h10-11,13-15,27H,6-9,12H2,1-5H3. The van der Waals surface area contributed by atoms with Gasteiger partial charge in [0.05, 0.1) is 0 Å². The molecule has 0 spiro atoms. The van der Waals surface area contributed by atoms with Crippen LogP contribution in [0.3, 0.4) is 0 Å². The number of thioether (sulfide) groups is 1. The number of nitrogens with zero attached hydrogens (tertiary/aromatic N) is 3. The molecule has 0 aliphatic rings. The summed E-state index contributed by atoms with van der Waals surface area (Å²) < 4.78 is 0. The number of hydrogen-bond acceptors (Lipinski definition) is 4. The Morgan fingerprint density at radius 1 is 1.00 bits per heavy atom. The SMILES string of the molecule is CCCCCCSc1ccc2nn(-c3cc(C)cc(C(C)(C)C)c3O)nc2c1. The van der Waals surface area contributed by atoms with Gasteiger partial charge in [0.2, 0.25) is 0 Å². The Labute approximate surface area is 172 Å². The van der Waals surface area contributed by atoms with Crippen LogP contribution in [0.15, 0.2) is 35.2 Å². The van der Waals surface area contributed by atoms with Crippen LogP contribution in [-0.4, -0.2) is 25.9 Å². The first-order chi connectivity index (χ1) is 13.3. The third-order valence-corrected chi connectivity index (χ3v) is 5.96. The summed E-state index contributed by atoms with van der Waals surface area (Å²) in [5, 5.41) is 20.1. The fourth-order valence-electron chi connectivity index (χ4n) is 3.29. The molecular formula is C23H31N3OS. The van der Waals surface area contributed by atoms with Gasteiger partial charge in [0.25, 0.3) is 0 Å². The molecule has 0 amide bonds. The highest BCUT2D eigenvalue weighted by atomic mass is 32.2. The van der Waals surface area contributed by atoms with Gasteiger partial charge in [0.15, 0.2) is 0 Å². The molecule has 0 unspecified atom stereocenters. The van der Waals surface area contributed by atoms with Gasteiger partial charge >= 0.3 is 0 Å². The van der Waals surface area contributed by atoms with Crippen LogP contribution < -0.4 is 0 Å².